The number of piperidine rings is 1. The summed E-state index contributed by atoms with van der Waals surface area (Å²) >= 11 is 0. The lowest BCUT2D eigenvalue weighted by Gasteiger charge is -2.47. The zero-order valence-corrected chi connectivity index (χ0v) is 13.6. The van der Waals surface area contributed by atoms with Gasteiger partial charge in [0.25, 0.3) is 0 Å². The lowest BCUT2D eigenvalue weighted by Crippen LogP contribution is -2.61. The van der Waals surface area contributed by atoms with E-state index in [-0.39, 0.29) is 11.6 Å². The van der Waals surface area contributed by atoms with Gasteiger partial charge in [0.2, 0.25) is 0 Å². The number of likely N-dealkylation sites (tertiary alicyclic amines) is 1. The van der Waals surface area contributed by atoms with Crippen LogP contribution in [0.5, 0.6) is 0 Å². The smallest absolute Gasteiger partial charge is 0.320 e. The number of hydrogen-bond donors (Lipinski definition) is 1. The third-order valence-electron chi connectivity index (χ3n) is 5.24. The topological polar surface area (TPSA) is 64.1 Å². The third-order valence-corrected chi connectivity index (χ3v) is 5.24. The zero-order valence-electron chi connectivity index (χ0n) is 13.6. The maximum absolute atomic E-state index is 12.6. The van der Waals surface area contributed by atoms with E-state index in [0.29, 0.717) is 25.9 Å². The first-order chi connectivity index (χ1) is 9.66. The fourth-order valence-electron chi connectivity index (χ4n) is 3.01. The van der Waals surface area contributed by atoms with Crippen molar-refractivity contribution in [2.75, 3.05) is 39.8 Å². The molecule has 2 fully saturated rings. The van der Waals surface area contributed by atoms with E-state index in [2.05, 4.69) is 25.8 Å². The van der Waals surface area contributed by atoms with Gasteiger partial charge in [0.05, 0.1) is 5.41 Å². The number of carbonyl (C=O) groups is 2. The normalized spacial score (nSPS) is 25.7. The van der Waals surface area contributed by atoms with Crippen LogP contribution in [0.15, 0.2) is 0 Å². The van der Waals surface area contributed by atoms with E-state index in [1.165, 1.54) is 0 Å². The van der Waals surface area contributed by atoms with E-state index in [1.54, 1.807) is 6.92 Å². The molecule has 6 nitrogen and oxygen atoms in total. The van der Waals surface area contributed by atoms with Crippen molar-refractivity contribution in [1.82, 2.24) is 14.7 Å². The van der Waals surface area contributed by atoms with Gasteiger partial charge in [-0.1, -0.05) is 0 Å². The van der Waals surface area contributed by atoms with Crippen LogP contribution in [0.25, 0.3) is 0 Å². The van der Waals surface area contributed by atoms with Crippen LogP contribution in [0.4, 0.5) is 4.79 Å². The summed E-state index contributed by atoms with van der Waals surface area (Å²) in [6.45, 7) is 9.47. The van der Waals surface area contributed by atoms with Crippen molar-refractivity contribution in [3.05, 3.63) is 0 Å². The van der Waals surface area contributed by atoms with Gasteiger partial charge in [0, 0.05) is 38.3 Å². The van der Waals surface area contributed by atoms with Gasteiger partial charge in [-0.05, 0) is 40.7 Å². The number of amides is 2. The molecule has 2 aliphatic rings. The minimum Gasteiger partial charge on any atom is -0.481 e. The first-order valence-electron chi connectivity index (χ1n) is 7.64. The number of urea groups is 1. The van der Waals surface area contributed by atoms with E-state index < -0.39 is 11.4 Å². The molecule has 0 aliphatic carbocycles. The highest BCUT2D eigenvalue weighted by atomic mass is 16.4. The molecule has 0 unspecified atom stereocenters. The van der Waals surface area contributed by atoms with Crippen molar-refractivity contribution < 1.29 is 14.7 Å². The number of nitrogens with zero attached hydrogens (tertiary/aromatic N) is 3. The monoisotopic (exact) mass is 297 g/mol. The number of piperazine rings is 1. The van der Waals surface area contributed by atoms with Crippen molar-refractivity contribution in [3.8, 4) is 0 Å². The van der Waals surface area contributed by atoms with Gasteiger partial charge in [-0.15, -0.1) is 0 Å². The molecule has 2 amide bonds. The second-order valence-corrected chi connectivity index (χ2v) is 7.29. The first-order valence-corrected chi connectivity index (χ1v) is 7.64. The zero-order chi connectivity index (χ0) is 15.8. The molecule has 0 bridgehead atoms. The van der Waals surface area contributed by atoms with Gasteiger partial charge in [-0.2, -0.15) is 0 Å². The molecule has 120 valence electrons. The fourth-order valence-corrected chi connectivity index (χ4v) is 3.01. The molecule has 2 rings (SSSR count). The second kappa shape index (κ2) is 5.48. The van der Waals surface area contributed by atoms with E-state index in [4.69, 9.17) is 0 Å². The molecule has 0 spiro atoms. The summed E-state index contributed by atoms with van der Waals surface area (Å²) in [7, 11) is 2.08. The minimum absolute atomic E-state index is 0.0146. The van der Waals surface area contributed by atoms with E-state index >= 15 is 0 Å². The molecule has 0 saturated carbocycles. The largest absolute Gasteiger partial charge is 0.481 e. The molecule has 0 aromatic heterocycles. The highest BCUT2D eigenvalue weighted by molar-refractivity contribution is 5.77. The molecule has 2 saturated heterocycles. The number of hydrogen-bond acceptors (Lipinski definition) is 3. The van der Waals surface area contributed by atoms with Crippen LogP contribution in [-0.2, 0) is 4.79 Å². The number of aliphatic carboxylic acids is 1. The van der Waals surface area contributed by atoms with Gasteiger partial charge in [0.1, 0.15) is 0 Å². The predicted molar refractivity (Wildman–Crippen MR) is 80.2 cm³/mol. The average molecular weight is 297 g/mol. The van der Waals surface area contributed by atoms with E-state index in [1.807, 2.05) is 9.80 Å². The van der Waals surface area contributed by atoms with Crippen LogP contribution >= 0.6 is 0 Å². The molecule has 1 N–H and O–H groups in total. The van der Waals surface area contributed by atoms with Crippen LogP contribution < -0.4 is 0 Å². The van der Waals surface area contributed by atoms with Crippen LogP contribution in [-0.4, -0.2) is 77.1 Å². The molecule has 0 radical (unpaired) electrons. The van der Waals surface area contributed by atoms with E-state index in [0.717, 1.165) is 19.6 Å². The van der Waals surface area contributed by atoms with Crippen molar-refractivity contribution >= 4 is 12.0 Å². The molecule has 0 aromatic carbocycles. The molecule has 2 aliphatic heterocycles. The molecule has 21 heavy (non-hydrogen) atoms. The van der Waals surface area contributed by atoms with Gasteiger partial charge in [0.15, 0.2) is 0 Å². The Morgan fingerprint density at radius 3 is 2.00 bits per heavy atom. The number of carboxylic acids is 1. The summed E-state index contributed by atoms with van der Waals surface area (Å²) in [6, 6.07) is 0.0589. The lowest BCUT2D eigenvalue weighted by molar-refractivity contribution is -0.150. The van der Waals surface area contributed by atoms with Gasteiger partial charge < -0.3 is 14.9 Å². The molecule has 0 atom stereocenters. The Kier molecular flexibility index (Phi) is 4.19. The Labute approximate surface area is 126 Å². The summed E-state index contributed by atoms with van der Waals surface area (Å²) in [5.41, 5.74) is -0.697. The number of likely N-dealkylation sites (N-methyl/N-ethyl adjacent to an activating group) is 1. The van der Waals surface area contributed by atoms with Crippen molar-refractivity contribution in [1.29, 1.82) is 0 Å². The highest BCUT2D eigenvalue weighted by Crippen LogP contribution is 2.31. The standard InChI is InChI=1S/C15H27N3O3/c1-14(2)11-18(10-9-16(14)4)13(21)17-7-5-15(3,6-8-17)12(19)20/h5-11H2,1-4H3,(H,19,20). The molecule has 0 aromatic rings. The van der Waals surface area contributed by atoms with Gasteiger partial charge in [-0.3, -0.25) is 9.69 Å². The Morgan fingerprint density at radius 2 is 1.52 bits per heavy atom. The number of carboxylic acid groups (broad SMARTS) is 1. The van der Waals surface area contributed by atoms with Crippen molar-refractivity contribution in [2.24, 2.45) is 5.41 Å². The van der Waals surface area contributed by atoms with Gasteiger partial charge >= 0.3 is 12.0 Å². The Morgan fingerprint density at radius 1 is 0.952 bits per heavy atom. The van der Waals surface area contributed by atoms with Crippen LogP contribution in [0.1, 0.15) is 33.6 Å². The van der Waals surface area contributed by atoms with Crippen LogP contribution in [0, 0.1) is 5.41 Å². The Hall–Kier alpha value is -1.30. The Bertz CT molecular complexity index is 428. The average Bonchev–Trinajstić information content (AvgIpc) is 2.42. The molecule has 2 heterocycles. The SMILES string of the molecule is CN1CCN(C(=O)N2CCC(C)(C(=O)O)CC2)CC1(C)C. The quantitative estimate of drug-likeness (QED) is 0.793. The predicted octanol–water partition coefficient (Wildman–Crippen LogP) is 1.32. The van der Waals surface area contributed by atoms with Crippen molar-refractivity contribution in [3.63, 3.8) is 0 Å². The summed E-state index contributed by atoms with van der Waals surface area (Å²) in [4.78, 5) is 29.9. The Balaban J connectivity index is 1.95. The second-order valence-electron chi connectivity index (χ2n) is 7.29. The summed E-state index contributed by atoms with van der Waals surface area (Å²) < 4.78 is 0. The number of rotatable bonds is 1. The van der Waals surface area contributed by atoms with Crippen molar-refractivity contribution in [2.45, 2.75) is 39.2 Å². The number of carbonyl (C=O) groups excluding carboxylic acids is 1. The van der Waals surface area contributed by atoms with Crippen LogP contribution in [0.2, 0.25) is 0 Å². The summed E-state index contributed by atoms with van der Waals surface area (Å²) in [5, 5.41) is 9.25. The minimum atomic E-state index is -0.754. The molecular formula is C15H27N3O3. The molecular weight excluding hydrogens is 270 g/mol. The summed E-state index contributed by atoms with van der Waals surface area (Å²) in [6.07, 6.45) is 1.07. The van der Waals surface area contributed by atoms with Crippen LogP contribution in [0.3, 0.4) is 0 Å². The maximum Gasteiger partial charge on any atom is 0.320 e. The third kappa shape index (κ3) is 3.15. The summed E-state index contributed by atoms with van der Waals surface area (Å²) in [5.74, 6) is -0.754. The van der Waals surface area contributed by atoms with E-state index in [9.17, 15) is 14.7 Å². The van der Waals surface area contributed by atoms with Gasteiger partial charge in [-0.25, -0.2) is 4.79 Å². The maximum atomic E-state index is 12.6. The molecule has 6 heteroatoms. The highest BCUT2D eigenvalue weighted by Gasteiger charge is 2.40. The fraction of sp³-hybridized carbons (Fsp3) is 0.867. The lowest BCUT2D eigenvalue weighted by atomic mass is 9.80. The first kappa shape index (κ1) is 16.1.